The number of aliphatic carboxylic acids is 2. The number of carbonyl (C=O) groups is 3. The molecule has 1 unspecified atom stereocenters. The standard InChI is InChI=1S/C19H30O.C4H4O5/c1-18-11-4-3-5-13(18)6-7-14-15-8-9-17(20)19(15,2)12-10-16(14)18;5-2(4(8)9)1-3(6)7/h13-16H,3-12H2,1-2H3;1,5H,(H,6,7)(H,8,9)/b;2-1-/t13?,14-,15-,16-,18-,19-;/m0./s1. The van der Waals surface area contributed by atoms with Gasteiger partial charge in [-0.2, -0.15) is 0 Å². The van der Waals surface area contributed by atoms with E-state index < -0.39 is 17.7 Å². The molecule has 0 spiro atoms. The smallest absolute Gasteiger partial charge is 0.371 e. The van der Waals surface area contributed by atoms with Gasteiger partial charge in [0, 0.05) is 11.8 Å². The Kier molecular flexibility index (Phi) is 6.11. The second-order valence-corrected chi connectivity index (χ2v) is 9.99. The molecule has 0 aromatic rings. The lowest BCUT2D eigenvalue weighted by Gasteiger charge is -2.59. The first-order valence-corrected chi connectivity index (χ1v) is 11.0. The first-order valence-electron chi connectivity index (χ1n) is 11.0. The highest BCUT2D eigenvalue weighted by Crippen LogP contribution is 2.65. The van der Waals surface area contributed by atoms with Gasteiger partial charge in [-0.1, -0.05) is 26.7 Å². The summed E-state index contributed by atoms with van der Waals surface area (Å²) in [6, 6.07) is 0. The number of Topliss-reactive ketones (excluding diaryl/α,β-unsaturated/α-hetero) is 1. The van der Waals surface area contributed by atoms with Crippen molar-refractivity contribution in [1.29, 1.82) is 0 Å². The van der Waals surface area contributed by atoms with Crippen LogP contribution in [0.5, 0.6) is 0 Å². The molecular formula is C23H34O6. The van der Waals surface area contributed by atoms with Crippen LogP contribution >= 0.6 is 0 Å². The number of aliphatic hydroxyl groups excluding tert-OH is 1. The maximum atomic E-state index is 12.4. The molecule has 0 amide bonds. The molecular weight excluding hydrogens is 372 g/mol. The first-order chi connectivity index (χ1) is 13.6. The van der Waals surface area contributed by atoms with Crippen molar-refractivity contribution >= 4 is 17.7 Å². The number of hydrogen-bond donors (Lipinski definition) is 3. The van der Waals surface area contributed by atoms with Crippen LogP contribution in [-0.2, 0) is 14.4 Å². The molecule has 0 heterocycles. The molecule has 4 saturated carbocycles. The van der Waals surface area contributed by atoms with E-state index in [4.69, 9.17) is 15.3 Å². The van der Waals surface area contributed by atoms with Gasteiger partial charge in [0.1, 0.15) is 5.78 Å². The molecule has 0 aliphatic heterocycles. The number of carbonyl (C=O) groups excluding carboxylic acids is 1. The molecule has 0 radical (unpaired) electrons. The van der Waals surface area contributed by atoms with Crippen molar-refractivity contribution in [2.75, 3.05) is 0 Å². The minimum Gasteiger partial charge on any atom is -0.502 e. The Labute approximate surface area is 172 Å². The highest BCUT2D eigenvalue weighted by molar-refractivity contribution is 5.92. The summed E-state index contributed by atoms with van der Waals surface area (Å²) < 4.78 is 0. The quantitative estimate of drug-likeness (QED) is 0.457. The van der Waals surface area contributed by atoms with Gasteiger partial charge < -0.3 is 15.3 Å². The molecule has 0 aromatic heterocycles. The fourth-order valence-electron chi connectivity index (χ4n) is 7.24. The van der Waals surface area contributed by atoms with Crippen molar-refractivity contribution in [2.45, 2.75) is 78.1 Å². The molecule has 29 heavy (non-hydrogen) atoms. The van der Waals surface area contributed by atoms with Crippen LogP contribution in [0.15, 0.2) is 11.8 Å². The summed E-state index contributed by atoms with van der Waals surface area (Å²) in [6.07, 6.45) is 13.6. The van der Waals surface area contributed by atoms with Gasteiger partial charge in [-0.05, 0) is 74.0 Å². The van der Waals surface area contributed by atoms with Crippen molar-refractivity contribution < 1.29 is 29.7 Å². The average molecular weight is 407 g/mol. The number of aliphatic hydroxyl groups is 1. The fraction of sp³-hybridized carbons (Fsp3) is 0.783. The first kappa shape index (κ1) is 21.8. The van der Waals surface area contributed by atoms with E-state index >= 15 is 0 Å². The molecule has 4 aliphatic rings. The molecule has 6 atom stereocenters. The normalized spacial score (nSPS) is 41.3. The van der Waals surface area contributed by atoms with Gasteiger partial charge in [0.05, 0.1) is 6.08 Å². The van der Waals surface area contributed by atoms with Crippen LogP contribution in [-0.4, -0.2) is 33.0 Å². The minimum atomic E-state index is -1.66. The van der Waals surface area contributed by atoms with E-state index in [1.54, 1.807) is 0 Å². The third-order valence-corrected chi connectivity index (χ3v) is 8.77. The molecule has 6 heteroatoms. The lowest BCUT2D eigenvalue weighted by Crippen LogP contribution is -2.52. The average Bonchev–Trinajstić information content (AvgIpc) is 2.96. The summed E-state index contributed by atoms with van der Waals surface area (Å²) in [5.74, 6) is -0.191. The van der Waals surface area contributed by atoms with Crippen LogP contribution in [0.25, 0.3) is 0 Å². The fourth-order valence-corrected chi connectivity index (χ4v) is 7.24. The lowest BCUT2D eigenvalue weighted by atomic mass is 9.45. The van der Waals surface area contributed by atoms with Gasteiger partial charge in [0.15, 0.2) is 0 Å². The maximum Gasteiger partial charge on any atom is 0.371 e. The summed E-state index contributed by atoms with van der Waals surface area (Å²) in [5, 5.41) is 23.9. The number of rotatable bonds is 2. The maximum absolute atomic E-state index is 12.4. The highest BCUT2D eigenvalue weighted by Gasteiger charge is 2.59. The third-order valence-electron chi connectivity index (χ3n) is 8.77. The zero-order valence-corrected chi connectivity index (χ0v) is 17.5. The van der Waals surface area contributed by atoms with Crippen LogP contribution in [0.2, 0.25) is 0 Å². The number of carboxylic acids is 2. The van der Waals surface area contributed by atoms with Crippen LogP contribution in [0, 0.1) is 34.5 Å². The van der Waals surface area contributed by atoms with Crippen LogP contribution in [0.4, 0.5) is 0 Å². The van der Waals surface area contributed by atoms with Crippen molar-refractivity contribution in [3.05, 3.63) is 11.8 Å². The number of carboxylic acid groups (broad SMARTS) is 2. The Hall–Kier alpha value is -1.85. The Balaban J connectivity index is 0.000000229. The Morgan fingerprint density at radius 2 is 1.66 bits per heavy atom. The number of ketones is 1. The Morgan fingerprint density at radius 1 is 0.931 bits per heavy atom. The van der Waals surface area contributed by atoms with Crippen molar-refractivity contribution in [3.8, 4) is 0 Å². The van der Waals surface area contributed by atoms with Crippen LogP contribution in [0.1, 0.15) is 78.1 Å². The van der Waals surface area contributed by atoms with Gasteiger partial charge in [0.25, 0.3) is 0 Å². The van der Waals surface area contributed by atoms with E-state index in [1.807, 2.05) is 0 Å². The van der Waals surface area contributed by atoms with Crippen molar-refractivity contribution in [1.82, 2.24) is 0 Å². The highest BCUT2D eigenvalue weighted by atomic mass is 16.4. The molecule has 3 N–H and O–H groups in total. The largest absolute Gasteiger partial charge is 0.502 e. The summed E-state index contributed by atoms with van der Waals surface area (Å²) in [4.78, 5) is 31.6. The van der Waals surface area contributed by atoms with Gasteiger partial charge in [-0.15, -0.1) is 0 Å². The summed E-state index contributed by atoms with van der Waals surface area (Å²) in [5.41, 5.74) is 0.688. The predicted molar refractivity (Wildman–Crippen MR) is 107 cm³/mol. The van der Waals surface area contributed by atoms with Crippen LogP contribution < -0.4 is 0 Å². The van der Waals surface area contributed by atoms with E-state index in [0.717, 1.165) is 30.1 Å². The summed E-state index contributed by atoms with van der Waals surface area (Å²) in [7, 11) is 0. The zero-order chi connectivity index (χ0) is 21.4. The predicted octanol–water partition coefficient (Wildman–Crippen LogP) is 4.59. The van der Waals surface area contributed by atoms with Gasteiger partial charge in [-0.3, -0.25) is 4.79 Å². The molecule has 4 rings (SSSR count). The van der Waals surface area contributed by atoms with Crippen molar-refractivity contribution in [2.24, 2.45) is 34.5 Å². The molecule has 4 aliphatic carbocycles. The lowest BCUT2D eigenvalue weighted by molar-refractivity contribution is -0.138. The van der Waals surface area contributed by atoms with Gasteiger partial charge in [-0.25, -0.2) is 9.59 Å². The van der Waals surface area contributed by atoms with E-state index in [9.17, 15) is 14.4 Å². The van der Waals surface area contributed by atoms with Gasteiger partial charge in [0.2, 0.25) is 5.76 Å². The van der Waals surface area contributed by atoms with Gasteiger partial charge >= 0.3 is 11.9 Å². The van der Waals surface area contributed by atoms with E-state index in [-0.39, 0.29) is 11.5 Å². The van der Waals surface area contributed by atoms with E-state index in [1.165, 1.54) is 57.8 Å². The topological polar surface area (TPSA) is 112 Å². The molecule has 0 saturated heterocycles. The minimum absolute atomic E-state index is 0.0685. The number of fused-ring (bicyclic) bond motifs is 5. The third kappa shape index (κ3) is 3.95. The van der Waals surface area contributed by atoms with Crippen LogP contribution in [0.3, 0.4) is 0 Å². The summed E-state index contributed by atoms with van der Waals surface area (Å²) >= 11 is 0. The molecule has 162 valence electrons. The second-order valence-electron chi connectivity index (χ2n) is 9.99. The van der Waals surface area contributed by atoms with Crippen molar-refractivity contribution in [3.63, 3.8) is 0 Å². The monoisotopic (exact) mass is 406 g/mol. The SMILES string of the molecule is C[C@]12CCCCC1CC[C@@H]1[C@@H]2CC[C@]2(C)C(=O)CC[C@@H]12.O=C(O)/C=C(\O)C(=O)O. The summed E-state index contributed by atoms with van der Waals surface area (Å²) in [6.45, 7) is 4.92. The molecule has 6 nitrogen and oxygen atoms in total. The number of hydrogen-bond acceptors (Lipinski definition) is 4. The Bertz CT molecular complexity index is 712. The Morgan fingerprint density at radius 3 is 2.28 bits per heavy atom. The molecule has 0 aromatic carbocycles. The molecule has 0 bridgehead atoms. The molecule has 4 fully saturated rings. The van der Waals surface area contributed by atoms with E-state index in [2.05, 4.69) is 13.8 Å². The second kappa shape index (κ2) is 8.11. The zero-order valence-electron chi connectivity index (χ0n) is 17.5. The van der Waals surface area contributed by atoms with E-state index in [0.29, 0.717) is 11.2 Å².